The number of thiazole rings is 1. The Kier molecular flexibility index (Phi) is 7.28. The fourth-order valence-electron chi connectivity index (χ4n) is 4.38. The van der Waals surface area contributed by atoms with E-state index in [1.807, 2.05) is 56.5 Å². The average Bonchev–Trinajstić information content (AvgIpc) is 3.58. The number of aromatic nitrogens is 3. The molecule has 2 fully saturated rings. The molecule has 3 heterocycles. The third-order valence-electron chi connectivity index (χ3n) is 6.48. The first kappa shape index (κ1) is 25.7. The van der Waals surface area contributed by atoms with Crippen LogP contribution in [-0.4, -0.2) is 57.0 Å². The quantitative estimate of drug-likeness (QED) is 0.455. The molecule has 196 valence electrons. The van der Waals surface area contributed by atoms with Crippen LogP contribution in [-0.2, 0) is 20.3 Å². The second-order valence-electron chi connectivity index (χ2n) is 9.90. The van der Waals surface area contributed by atoms with Crippen LogP contribution in [0.5, 0.6) is 0 Å². The van der Waals surface area contributed by atoms with Crippen molar-refractivity contribution in [3.8, 4) is 11.4 Å². The molecule has 1 aliphatic carbocycles. The third-order valence-corrected chi connectivity index (χ3v) is 9.71. The van der Waals surface area contributed by atoms with E-state index < -0.39 is 15.5 Å². The fourth-order valence-corrected chi connectivity index (χ4v) is 7.20. The summed E-state index contributed by atoms with van der Waals surface area (Å²) >= 11 is 1.44. The molecule has 3 aromatic rings. The van der Waals surface area contributed by atoms with Gasteiger partial charge in [0.25, 0.3) is 0 Å². The van der Waals surface area contributed by atoms with E-state index in [0.717, 1.165) is 42.2 Å². The highest BCUT2D eigenvalue weighted by atomic mass is 32.2. The van der Waals surface area contributed by atoms with Gasteiger partial charge in [-0.3, -0.25) is 4.21 Å². The number of carbonyl (C=O) groups is 1. The Hall–Kier alpha value is -2.89. The van der Waals surface area contributed by atoms with Gasteiger partial charge in [0.2, 0.25) is 0 Å². The predicted molar refractivity (Wildman–Crippen MR) is 147 cm³/mol. The number of morpholine rings is 1. The summed E-state index contributed by atoms with van der Waals surface area (Å²) in [5, 5.41) is 7.60. The topological polar surface area (TPSA) is 109 Å². The van der Waals surface area contributed by atoms with Gasteiger partial charge in [-0.25, -0.2) is 19.7 Å². The monoisotopic (exact) mass is 540 g/mol. The summed E-state index contributed by atoms with van der Waals surface area (Å²) in [6.45, 7) is 9.85. The van der Waals surface area contributed by atoms with Crippen molar-refractivity contribution in [1.29, 1.82) is 0 Å². The lowest BCUT2D eigenvalue weighted by Gasteiger charge is -2.34. The number of anilines is 2. The molecule has 1 aromatic carbocycles. The molecule has 1 unspecified atom stereocenters. The van der Waals surface area contributed by atoms with Crippen LogP contribution in [0.25, 0.3) is 11.4 Å². The summed E-state index contributed by atoms with van der Waals surface area (Å²) in [6, 6.07) is 9.44. The smallest absolute Gasteiger partial charge is 0.319 e. The van der Waals surface area contributed by atoms with Crippen LogP contribution in [0.2, 0.25) is 0 Å². The molecule has 2 amide bonds. The highest BCUT2D eigenvalue weighted by Crippen LogP contribution is 2.53. The van der Waals surface area contributed by atoms with Gasteiger partial charge in [0, 0.05) is 41.0 Å². The van der Waals surface area contributed by atoms with Crippen molar-refractivity contribution in [1.82, 2.24) is 20.3 Å². The Morgan fingerprint density at radius 3 is 2.59 bits per heavy atom. The van der Waals surface area contributed by atoms with Crippen molar-refractivity contribution >= 4 is 39.7 Å². The largest absolute Gasteiger partial charge is 0.377 e. The summed E-state index contributed by atoms with van der Waals surface area (Å²) in [5.41, 5.74) is 3.17. The lowest BCUT2D eigenvalue weighted by molar-refractivity contribution is 0.0985. The van der Waals surface area contributed by atoms with Crippen LogP contribution in [0.1, 0.15) is 45.0 Å². The van der Waals surface area contributed by atoms with Crippen molar-refractivity contribution in [2.45, 2.75) is 61.7 Å². The van der Waals surface area contributed by atoms with E-state index in [1.165, 1.54) is 11.3 Å². The maximum Gasteiger partial charge on any atom is 0.319 e. The molecule has 0 radical (unpaired) electrons. The summed E-state index contributed by atoms with van der Waals surface area (Å²) in [4.78, 5) is 28.7. The molecular weight excluding hydrogens is 508 g/mol. The van der Waals surface area contributed by atoms with Crippen molar-refractivity contribution in [3.63, 3.8) is 0 Å². The van der Waals surface area contributed by atoms with Gasteiger partial charge < -0.3 is 20.3 Å². The van der Waals surface area contributed by atoms with Gasteiger partial charge in [-0.15, -0.1) is 11.3 Å². The van der Waals surface area contributed by atoms with Crippen LogP contribution in [0.15, 0.2) is 40.1 Å². The van der Waals surface area contributed by atoms with Gasteiger partial charge in [0.15, 0.2) is 10.2 Å². The first-order chi connectivity index (χ1) is 17.7. The Morgan fingerprint density at radius 2 is 1.97 bits per heavy atom. The predicted octanol–water partition coefficient (Wildman–Crippen LogP) is 4.46. The lowest BCUT2D eigenvalue weighted by atomic mass is 10.1. The van der Waals surface area contributed by atoms with Gasteiger partial charge in [0.05, 0.1) is 40.5 Å². The van der Waals surface area contributed by atoms with Crippen LogP contribution >= 0.6 is 11.3 Å². The number of ether oxygens (including phenoxy) is 1. The van der Waals surface area contributed by atoms with Crippen molar-refractivity contribution in [2.24, 2.45) is 0 Å². The Morgan fingerprint density at radius 1 is 1.22 bits per heavy atom. The number of rotatable bonds is 7. The molecule has 0 bridgehead atoms. The molecule has 9 nitrogen and oxygen atoms in total. The summed E-state index contributed by atoms with van der Waals surface area (Å²) in [5.74, 6) is 1.39. The first-order valence-corrected chi connectivity index (χ1v) is 14.5. The minimum absolute atomic E-state index is 0.0463. The maximum atomic E-state index is 13.7. The van der Waals surface area contributed by atoms with E-state index in [0.29, 0.717) is 29.1 Å². The number of benzene rings is 1. The number of nitrogens with one attached hydrogen (secondary N) is 2. The molecule has 37 heavy (non-hydrogen) atoms. The van der Waals surface area contributed by atoms with Gasteiger partial charge in [-0.05, 0) is 64.8 Å². The van der Waals surface area contributed by atoms with E-state index >= 15 is 0 Å². The number of aryl methyl sites for hydroxylation is 1. The zero-order chi connectivity index (χ0) is 26.2. The molecule has 2 aliphatic rings. The van der Waals surface area contributed by atoms with Crippen molar-refractivity contribution < 1.29 is 13.7 Å². The lowest BCUT2D eigenvalue weighted by Crippen LogP contribution is -2.44. The van der Waals surface area contributed by atoms with Crippen molar-refractivity contribution in [2.75, 3.05) is 30.0 Å². The maximum absolute atomic E-state index is 13.7. The SMILES string of the molecule is Cc1csc(S(=O)C2(c3cc(N4CCOC[C@@H]4C)nc(-c4ccc(NC(=O)NC(C)C)cc4)n3)CC2)n1. The first-order valence-electron chi connectivity index (χ1n) is 12.5. The van der Waals surface area contributed by atoms with Gasteiger partial charge >= 0.3 is 6.03 Å². The molecule has 1 aliphatic heterocycles. The number of nitrogens with zero attached hydrogens (tertiary/aromatic N) is 4. The molecule has 2 N–H and O–H groups in total. The van der Waals surface area contributed by atoms with Crippen LogP contribution < -0.4 is 15.5 Å². The zero-order valence-electron chi connectivity index (χ0n) is 21.5. The average molecular weight is 541 g/mol. The molecule has 11 heteroatoms. The molecule has 5 rings (SSSR count). The summed E-state index contributed by atoms with van der Waals surface area (Å²) in [6.07, 6.45) is 1.58. The number of hydrogen-bond acceptors (Lipinski definition) is 8. The molecule has 2 aromatic heterocycles. The summed E-state index contributed by atoms with van der Waals surface area (Å²) in [7, 11) is -1.30. The minimum Gasteiger partial charge on any atom is -0.377 e. The van der Waals surface area contributed by atoms with Crippen molar-refractivity contribution in [3.05, 3.63) is 47.1 Å². The van der Waals surface area contributed by atoms with Gasteiger partial charge in [-0.2, -0.15) is 0 Å². The molecule has 1 saturated heterocycles. The number of hydrogen-bond donors (Lipinski definition) is 2. The Balaban J connectivity index is 1.50. The Labute approximate surface area is 223 Å². The number of amides is 2. The highest BCUT2D eigenvalue weighted by molar-refractivity contribution is 7.88. The summed E-state index contributed by atoms with van der Waals surface area (Å²) < 4.78 is 19.4. The molecular formula is C26H32N6O3S2. The minimum atomic E-state index is -1.30. The number of carbonyl (C=O) groups excluding carboxylic acids is 1. The van der Waals surface area contributed by atoms with Gasteiger partial charge in [-0.1, -0.05) is 0 Å². The molecule has 1 saturated carbocycles. The standard InChI is InChI=1S/C26H32N6O3S2/c1-16(2)27-24(33)29-20-7-5-19(6-8-20)23-30-21(13-22(31-23)32-11-12-35-14-18(32)4)26(9-10-26)37(34)25-28-17(3)15-36-25/h5-8,13,15-16,18H,9-12,14H2,1-4H3,(H2,27,29,33)/t18-,37?/m0/s1. The van der Waals surface area contributed by atoms with Crippen LogP contribution in [0, 0.1) is 6.92 Å². The van der Waals surface area contributed by atoms with E-state index in [-0.39, 0.29) is 18.1 Å². The highest BCUT2D eigenvalue weighted by Gasteiger charge is 2.53. The van der Waals surface area contributed by atoms with Crippen LogP contribution in [0.3, 0.4) is 0 Å². The Bertz CT molecular complexity index is 1310. The second kappa shape index (κ2) is 10.5. The molecule has 0 spiro atoms. The zero-order valence-corrected chi connectivity index (χ0v) is 23.1. The van der Waals surface area contributed by atoms with Crippen LogP contribution in [0.4, 0.5) is 16.3 Å². The number of urea groups is 1. The normalized spacial score (nSPS) is 19.5. The van der Waals surface area contributed by atoms with E-state index in [2.05, 4.69) is 27.4 Å². The van der Waals surface area contributed by atoms with Gasteiger partial charge in [0.1, 0.15) is 5.82 Å². The fraction of sp³-hybridized carbons (Fsp3) is 0.462. The molecule has 2 atom stereocenters. The second-order valence-corrected chi connectivity index (χ2v) is 12.7. The van der Waals surface area contributed by atoms with E-state index in [1.54, 1.807) is 0 Å². The van der Waals surface area contributed by atoms with E-state index in [4.69, 9.17) is 14.7 Å². The third kappa shape index (κ3) is 5.53. The van der Waals surface area contributed by atoms with E-state index in [9.17, 15) is 9.00 Å².